The number of fused-ring (bicyclic) bond motifs is 2. The van der Waals surface area contributed by atoms with Gasteiger partial charge in [0.15, 0.2) is 0 Å². The molecule has 6 aromatic rings. The van der Waals surface area contributed by atoms with Crippen LogP contribution in [0.4, 0.5) is 0 Å². The average molecular weight is 707 g/mol. The average Bonchev–Trinajstić information content (AvgIpc) is 3.74. The zero-order chi connectivity index (χ0) is 35.6. The smallest absolute Gasteiger partial charge is 0.332 e. The number of hydrogen-bond donors (Lipinski definition) is 0. The second-order valence-corrected chi connectivity index (χ2v) is 26.5. The van der Waals surface area contributed by atoms with Gasteiger partial charge < -0.3 is 9.47 Å². The lowest BCUT2D eigenvalue weighted by Gasteiger charge is -2.15. The molecule has 0 saturated heterocycles. The van der Waals surface area contributed by atoms with Crippen LogP contribution >= 0.6 is 0 Å². The maximum Gasteiger partial charge on any atom is 0.332 e. The molecule has 0 radical (unpaired) electrons. The van der Waals surface area contributed by atoms with Gasteiger partial charge in [-0.15, -0.1) is 0 Å². The molecular weight excluding hydrogens is 661 g/mol. The summed E-state index contributed by atoms with van der Waals surface area (Å²) in [6.07, 6.45) is 3.61. The number of nitriles is 1. The first kappa shape index (κ1) is 35.2. The predicted molar refractivity (Wildman–Crippen MR) is 203 cm³/mol. The quantitative estimate of drug-likeness (QED) is 0.0872. The molecule has 0 saturated carbocycles. The van der Waals surface area contributed by atoms with Crippen molar-refractivity contribution in [2.24, 2.45) is 7.05 Å². The molecular formula is C37H46N8O3Si2. The van der Waals surface area contributed by atoms with E-state index >= 15 is 0 Å². The van der Waals surface area contributed by atoms with Gasteiger partial charge in [-0.25, -0.2) is 4.79 Å². The summed E-state index contributed by atoms with van der Waals surface area (Å²) in [7, 11) is -0.644. The van der Waals surface area contributed by atoms with Crippen molar-refractivity contribution in [2.75, 3.05) is 13.2 Å². The van der Waals surface area contributed by atoms with Crippen molar-refractivity contribution in [1.29, 1.82) is 5.26 Å². The zero-order valence-electron chi connectivity index (χ0n) is 30.1. The zero-order valence-corrected chi connectivity index (χ0v) is 32.1. The number of ether oxygens (including phenoxy) is 2. The highest BCUT2D eigenvalue weighted by atomic mass is 28.3. The van der Waals surface area contributed by atoms with Crippen LogP contribution in [0, 0.1) is 11.3 Å². The molecule has 0 aliphatic carbocycles. The summed E-state index contributed by atoms with van der Waals surface area (Å²) in [6, 6.07) is 21.8. The van der Waals surface area contributed by atoms with E-state index in [2.05, 4.69) is 56.5 Å². The molecule has 11 nitrogen and oxygen atoms in total. The van der Waals surface area contributed by atoms with Gasteiger partial charge in [0, 0.05) is 53.6 Å². The summed E-state index contributed by atoms with van der Waals surface area (Å²) >= 11 is 0. The predicted octanol–water partition coefficient (Wildman–Crippen LogP) is 7.16. The standard InChI is InChI=1S/C37H46N8O3Si2/c1-42-35-23-39-31(32-14-15-40-45(32)24-28-10-8-27(22-38)9-11-28)21-30(35)36(41-42)29-12-13-33-34(20-29)44(26-48-17-19-50(5,6)7)37(46)43(33)25-47-16-18-49(2,3)4/h8-15,20-21,23H,16-19,24-26H2,1-7H3. The van der Waals surface area contributed by atoms with Gasteiger partial charge in [-0.2, -0.15) is 15.5 Å². The van der Waals surface area contributed by atoms with E-state index in [4.69, 9.17) is 19.6 Å². The molecule has 13 heteroatoms. The molecule has 0 aliphatic rings. The molecule has 2 aromatic carbocycles. The Morgan fingerprint density at radius 1 is 0.820 bits per heavy atom. The molecule has 260 valence electrons. The van der Waals surface area contributed by atoms with Crippen LogP contribution in [-0.4, -0.2) is 63.0 Å². The van der Waals surface area contributed by atoms with Crippen LogP contribution in [0.2, 0.25) is 51.4 Å². The van der Waals surface area contributed by atoms with E-state index in [-0.39, 0.29) is 19.2 Å². The Bertz CT molecular complexity index is 2230. The molecule has 0 atom stereocenters. The molecule has 6 rings (SSSR count). The summed E-state index contributed by atoms with van der Waals surface area (Å²) in [5.74, 6) is 0. The van der Waals surface area contributed by atoms with Crippen LogP contribution in [-0.2, 0) is 36.5 Å². The third-order valence-corrected chi connectivity index (χ3v) is 12.3. The normalized spacial score (nSPS) is 12.3. The second-order valence-electron chi connectivity index (χ2n) is 15.3. The largest absolute Gasteiger partial charge is 0.361 e. The SMILES string of the molecule is Cn1nc(-c2ccc3c(c2)n(COCC[Si](C)(C)C)c(=O)n3COCC[Si](C)(C)C)c2cc(-c3ccnn3Cc3ccc(C#N)cc3)ncc21. The van der Waals surface area contributed by atoms with Crippen LogP contribution in [0.15, 0.2) is 71.8 Å². The van der Waals surface area contributed by atoms with Crippen LogP contribution < -0.4 is 5.69 Å². The highest BCUT2D eigenvalue weighted by Gasteiger charge is 2.20. The number of imidazole rings is 1. The molecule has 0 unspecified atom stereocenters. The first-order chi connectivity index (χ1) is 23.8. The van der Waals surface area contributed by atoms with Crippen molar-refractivity contribution in [3.05, 3.63) is 88.6 Å². The lowest BCUT2D eigenvalue weighted by atomic mass is 10.1. The molecule has 4 heterocycles. The van der Waals surface area contributed by atoms with Crippen molar-refractivity contribution in [1.82, 2.24) is 33.7 Å². The van der Waals surface area contributed by atoms with Gasteiger partial charge in [0.2, 0.25) is 0 Å². The van der Waals surface area contributed by atoms with Crippen LogP contribution in [0.3, 0.4) is 0 Å². The molecule has 0 spiro atoms. The van der Waals surface area contributed by atoms with Crippen molar-refractivity contribution < 1.29 is 9.47 Å². The van der Waals surface area contributed by atoms with Crippen molar-refractivity contribution in [3.63, 3.8) is 0 Å². The Morgan fingerprint density at radius 3 is 2.12 bits per heavy atom. The fourth-order valence-corrected chi connectivity index (χ4v) is 7.34. The topological polar surface area (TPSA) is 118 Å². The first-order valence-corrected chi connectivity index (χ1v) is 24.5. The lowest BCUT2D eigenvalue weighted by molar-refractivity contribution is 0.0754. The fourth-order valence-electron chi connectivity index (χ4n) is 5.83. The van der Waals surface area contributed by atoms with E-state index in [1.54, 1.807) is 15.3 Å². The minimum atomic E-state index is -1.29. The first-order valence-electron chi connectivity index (χ1n) is 17.0. The molecule has 0 amide bonds. The number of pyridine rings is 1. The minimum Gasteiger partial charge on any atom is -0.361 e. The Labute approximate surface area is 294 Å². The van der Waals surface area contributed by atoms with E-state index in [1.165, 1.54) is 0 Å². The monoisotopic (exact) mass is 706 g/mol. The number of benzene rings is 2. The molecule has 0 bridgehead atoms. The third kappa shape index (κ3) is 7.89. The van der Waals surface area contributed by atoms with Gasteiger partial charge in [-0.1, -0.05) is 57.5 Å². The van der Waals surface area contributed by atoms with E-state index in [1.807, 2.05) is 71.1 Å². The fraction of sp³-hybridized carbons (Fsp3) is 0.378. The van der Waals surface area contributed by atoms with Gasteiger partial charge in [0.05, 0.1) is 52.3 Å². The maximum atomic E-state index is 13.8. The maximum absolute atomic E-state index is 13.8. The van der Waals surface area contributed by atoms with Gasteiger partial charge in [-0.05, 0) is 54.0 Å². The molecule has 0 fully saturated rings. The molecule has 0 N–H and O–H groups in total. The number of nitrogens with zero attached hydrogens (tertiary/aromatic N) is 8. The molecule has 0 aliphatic heterocycles. The van der Waals surface area contributed by atoms with Gasteiger partial charge in [-0.3, -0.25) is 23.5 Å². The van der Waals surface area contributed by atoms with Crippen LogP contribution in [0.1, 0.15) is 11.1 Å². The van der Waals surface area contributed by atoms with Crippen molar-refractivity contribution >= 4 is 38.1 Å². The summed E-state index contributed by atoms with van der Waals surface area (Å²) in [4.78, 5) is 18.6. The number of rotatable bonds is 14. The van der Waals surface area contributed by atoms with E-state index < -0.39 is 16.1 Å². The highest BCUT2D eigenvalue weighted by molar-refractivity contribution is 6.76. The van der Waals surface area contributed by atoms with Gasteiger partial charge in [0.25, 0.3) is 0 Å². The van der Waals surface area contributed by atoms with E-state index in [0.29, 0.717) is 25.3 Å². The van der Waals surface area contributed by atoms with Crippen LogP contribution in [0.25, 0.3) is 44.6 Å². The van der Waals surface area contributed by atoms with E-state index in [9.17, 15) is 10.1 Å². The van der Waals surface area contributed by atoms with E-state index in [0.717, 1.165) is 62.2 Å². The number of aryl methyl sites for hydroxylation is 1. The third-order valence-electron chi connectivity index (χ3n) is 8.86. The highest BCUT2D eigenvalue weighted by Crippen LogP contribution is 2.32. The van der Waals surface area contributed by atoms with Gasteiger partial charge in [0.1, 0.15) is 19.2 Å². The summed E-state index contributed by atoms with van der Waals surface area (Å²) in [5.41, 5.74) is 7.31. The summed E-state index contributed by atoms with van der Waals surface area (Å²) in [6.45, 7) is 16.1. The summed E-state index contributed by atoms with van der Waals surface area (Å²) < 4.78 is 19.3. The minimum absolute atomic E-state index is 0.147. The molecule has 50 heavy (non-hydrogen) atoms. The van der Waals surface area contributed by atoms with Crippen molar-refractivity contribution in [2.45, 2.75) is 71.4 Å². The Hall–Kier alpha value is -4.62. The lowest BCUT2D eigenvalue weighted by Crippen LogP contribution is -2.28. The Balaban J connectivity index is 1.36. The number of aromatic nitrogens is 7. The Morgan fingerprint density at radius 2 is 1.48 bits per heavy atom. The summed E-state index contributed by atoms with van der Waals surface area (Å²) in [5, 5.41) is 19.6. The van der Waals surface area contributed by atoms with Crippen LogP contribution in [0.5, 0.6) is 0 Å². The number of hydrogen-bond acceptors (Lipinski definition) is 7. The van der Waals surface area contributed by atoms with Gasteiger partial charge >= 0.3 is 5.69 Å². The van der Waals surface area contributed by atoms with Crippen molar-refractivity contribution in [3.8, 4) is 28.7 Å². The second kappa shape index (κ2) is 14.3. The Kier molecular flexibility index (Phi) is 10.1. The molecule has 4 aromatic heterocycles.